The van der Waals surface area contributed by atoms with Crippen LogP contribution in [0, 0.1) is 17.8 Å². The maximum absolute atomic E-state index is 14.1. The predicted octanol–water partition coefficient (Wildman–Crippen LogP) is 2.28. The third-order valence-electron chi connectivity index (χ3n) is 17.7. The summed E-state index contributed by atoms with van der Waals surface area (Å²) >= 11 is 0. The van der Waals surface area contributed by atoms with E-state index in [0.29, 0.717) is 135 Å². The van der Waals surface area contributed by atoms with Gasteiger partial charge in [0, 0.05) is 68.0 Å². The lowest BCUT2D eigenvalue weighted by Gasteiger charge is -2.33. The summed E-state index contributed by atoms with van der Waals surface area (Å²) in [6.45, 7) is 6.73. The number of benzene rings is 1. The van der Waals surface area contributed by atoms with Crippen LogP contribution in [0.25, 0.3) is 0 Å². The molecule has 4 rings (SSSR count). The summed E-state index contributed by atoms with van der Waals surface area (Å²) in [4.78, 5) is 135. The number of nitrogens with two attached hydrogens (primary N) is 5. The number of carbonyl (C=O) groups is 10. The maximum Gasteiger partial charge on any atom is 0.316 e. The van der Waals surface area contributed by atoms with Gasteiger partial charge in [0.15, 0.2) is 0 Å². The van der Waals surface area contributed by atoms with Crippen LogP contribution in [0.5, 0.6) is 5.75 Å². The number of hydrogen-bond donors (Lipinski definition) is 18. The van der Waals surface area contributed by atoms with Crippen LogP contribution in [0.1, 0.15) is 206 Å². The van der Waals surface area contributed by atoms with E-state index < -0.39 is 103 Å². The number of urea groups is 3. The molecule has 1 aromatic rings. The van der Waals surface area contributed by atoms with Gasteiger partial charge in [-0.15, -0.1) is 0 Å². The van der Waals surface area contributed by atoms with Gasteiger partial charge < -0.3 is 97.6 Å². The quantitative estimate of drug-likeness (QED) is 0.0331. The van der Waals surface area contributed by atoms with Crippen molar-refractivity contribution in [2.45, 2.75) is 268 Å². The van der Waals surface area contributed by atoms with Crippen LogP contribution in [0.4, 0.5) is 14.4 Å². The fraction of sp³-hybridized carbons (Fsp3) is 0.750. The number of amides is 13. The Bertz CT molecular complexity index is 2460. The molecule has 3 aliphatic carbocycles. The van der Waals surface area contributed by atoms with Crippen molar-refractivity contribution in [3.63, 3.8) is 0 Å². The van der Waals surface area contributed by atoms with Gasteiger partial charge >= 0.3 is 18.1 Å². The van der Waals surface area contributed by atoms with E-state index in [4.69, 9.17) is 28.7 Å². The molecule has 28 nitrogen and oxygen atoms in total. The molecule has 0 bridgehead atoms. The van der Waals surface area contributed by atoms with Crippen LogP contribution in [0.2, 0.25) is 0 Å². The second-order valence-electron chi connectivity index (χ2n) is 25.3. The van der Waals surface area contributed by atoms with Crippen molar-refractivity contribution in [1.29, 1.82) is 0 Å². The number of phenols is 1. The van der Waals surface area contributed by atoms with Crippen molar-refractivity contribution in [1.82, 2.24) is 63.8 Å². The summed E-state index contributed by atoms with van der Waals surface area (Å²) < 4.78 is 0. The van der Waals surface area contributed by atoms with Crippen molar-refractivity contribution < 1.29 is 53.1 Å². The second-order valence-corrected chi connectivity index (χ2v) is 25.3. The summed E-state index contributed by atoms with van der Waals surface area (Å²) in [6, 6.07) is 1.25. The highest BCUT2D eigenvalue weighted by atomic mass is 16.3. The molecule has 23 N–H and O–H groups in total. The number of carbonyl (C=O) groups excluding carboxylic acids is 10. The molecule has 92 heavy (non-hydrogen) atoms. The average molecular weight is 1300 g/mol. The molecule has 0 aromatic heterocycles. The molecule has 520 valence electrons. The van der Waals surface area contributed by atoms with Gasteiger partial charge in [-0.1, -0.05) is 90.7 Å². The largest absolute Gasteiger partial charge is 0.508 e. The minimum absolute atomic E-state index is 0.0422. The normalized spacial score (nSPS) is 21.1. The van der Waals surface area contributed by atoms with Gasteiger partial charge in [-0.3, -0.25) is 33.6 Å². The van der Waals surface area contributed by atoms with E-state index in [1.165, 1.54) is 0 Å². The van der Waals surface area contributed by atoms with E-state index in [1.807, 2.05) is 6.92 Å². The molecule has 3 fully saturated rings. The summed E-state index contributed by atoms with van der Waals surface area (Å²) in [5.74, 6) is -4.10. The first-order chi connectivity index (χ1) is 44.2. The molecular weight excluding hydrogens is 1180 g/mol. The molecule has 1 aromatic carbocycles. The maximum atomic E-state index is 14.1. The van der Waals surface area contributed by atoms with Crippen LogP contribution >= 0.6 is 0 Å². The molecule has 28 heteroatoms. The summed E-state index contributed by atoms with van der Waals surface area (Å²) in [7, 11) is 0. The van der Waals surface area contributed by atoms with Gasteiger partial charge in [-0.25, -0.2) is 14.4 Å². The molecule has 0 radical (unpaired) electrons. The Balaban J connectivity index is 1.29. The Kier molecular flexibility index (Phi) is 36.2. The lowest BCUT2D eigenvalue weighted by molar-refractivity contribution is -0.130. The van der Waals surface area contributed by atoms with Crippen LogP contribution in [-0.2, 0) is 40.0 Å². The monoisotopic (exact) mass is 1300 g/mol. The first kappa shape index (κ1) is 77.4. The number of aromatic hydroxyl groups is 1. The van der Waals surface area contributed by atoms with E-state index in [1.54, 1.807) is 38.1 Å². The van der Waals surface area contributed by atoms with E-state index in [2.05, 4.69) is 63.8 Å². The standard InChI is InChI=1S/C64H113N17O11/c1-4-53(79-62(90)70-42(37-52(69)83)19-13-16-32-65)76-60(88)47-23-8-11-26-50(47)74-57(85)39-44(21-15-18-34-67)72-64(92)81-55(6-3)78-61(89)48-24-9-12-27-51(48)75-58(86)38-43(20-14-17-33-66)71-63(91)80-54(5-2)77-59(87)46-22-7-10-25-49(46)73-56(84)36-41(68)35-40-28-30-45(82)31-29-40/h28-31,41-44,46-51,53-55,82H,4-27,32-39,65-68H2,1-3H3,(H2,69,83)(H,73,84)(H,74,85)(H,75,86)(H,76,88)(H,77,87)(H,78,89)(H2,70,79,90)(H2,71,80,91)(H2,72,81,92)/t41-,42-,43-,44-,46-,47-,48-,49-,50-,51-,53+,54+,55+/m0/s1. The zero-order valence-electron chi connectivity index (χ0n) is 54.9. The number of primary amides is 1. The van der Waals surface area contributed by atoms with E-state index in [-0.39, 0.29) is 66.9 Å². The molecule has 3 aliphatic rings. The van der Waals surface area contributed by atoms with Gasteiger partial charge in [0.2, 0.25) is 41.4 Å². The Morgan fingerprint density at radius 2 is 0.750 bits per heavy atom. The Hall–Kier alpha value is -7.04. The van der Waals surface area contributed by atoms with Crippen molar-refractivity contribution in [3.05, 3.63) is 29.8 Å². The minimum atomic E-state index is -0.805. The third kappa shape index (κ3) is 29.7. The molecule has 0 spiro atoms. The van der Waals surface area contributed by atoms with Gasteiger partial charge in [0.05, 0.1) is 17.8 Å². The zero-order chi connectivity index (χ0) is 67.4. The number of hydrogen-bond acceptors (Lipinski definition) is 15. The lowest BCUT2D eigenvalue weighted by Crippen LogP contribution is -2.57. The van der Waals surface area contributed by atoms with E-state index in [0.717, 1.165) is 50.5 Å². The highest BCUT2D eigenvalue weighted by molar-refractivity contribution is 5.86. The van der Waals surface area contributed by atoms with Crippen LogP contribution in [0.15, 0.2) is 24.3 Å². The first-order valence-corrected chi connectivity index (χ1v) is 34.1. The molecule has 0 unspecified atom stereocenters. The van der Waals surface area contributed by atoms with Gasteiger partial charge in [-0.2, -0.15) is 0 Å². The molecule has 13 atom stereocenters. The topological polar surface area (TPSA) is 465 Å². The number of unbranched alkanes of at least 4 members (excludes halogenated alkanes) is 3. The molecule has 0 heterocycles. The van der Waals surface area contributed by atoms with Crippen molar-refractivity contribution >= 4 is 59.4 Å². The first-order valence-electron chi connectivity index (χ1n) is 34.1. The second kappa shape index (κ2) is 43.0. The van der Waals surface area contributed by atoms with Gasteiger partial charge in [0.25, 0.3) is 0 Å². The zero-order valence-corrected chi connectivity index (χ0v) is 54.9. The molecule has 13 amide bonds. The Morgan fingerprint density at radius 1 is 0.435 bits per heavy atom. The SMILES string of the molecule is CC[C@@H](NC(=O)N[C@@H](CCCCN)CC(N)=O)NC(=O)[C@H]1CCCC[C@@H]1NC(=O)C[C@H](CCCCN)NC(=O)N[C@H](CC)NC(=O)[C@H]1CCCC[C@@H]1NC(=O)C[C@H](CCCCN)NC(=O)N[C@H](CC)NC(=O)[C@H]1CCCC[C@@H]1NC(=O)C[C@@H](N)Cc1ccc(O)cc1. The Labute approximate surface area is 543 Å². The van der Waals surface area contributed by atoms with Crippen molar-refractivity contribution in [3.8, 4) is 5.75 Å². The summed E-state index contributed by atoms with van der Waals surface area (Å²) in [5.41, 5.74) is 29.9. The summed E-state index contributed by atoms with van der Waals surface area (Å²) in [5, 5.41) is 44.7. The molecule has 0 saturated heterocycles. The van der Waals surface area contributed by atoms with Gasteiger partial charge in [0.1, 0.15) is 24.2 Å². The minimum Gasteiger partial charge on any atom is -0.508 e. The fourth-order valence-electron chi connectivity index (χ4n) is 12.6. The van der Waals surface area contributed by atoms with E-state index >= 15 is 0 Å². The van der Waals surface area contributed by atoms with E-state index in [9.17, 15) is 53.1 Å². The van der Waals surface area contributed by atoms with Gasteiger partial charge in [-0.05, 0) is 140 Å². The average Bonchev–Trinajstić information content (AvgIpc) is 1.24. The number of rotatable bonds is 40. The number of nitrogens with one attached hydrogen (secondary N) is 12. The highest BCUT2D eigenvalue weighted by Gasteiger charge is 2.37. The van der Waals surface area contributed by atoms with Crippen molar-refractivity contribution in [2.75, 3.05) is 19.6 Å². The van der Waals surface area contributed by atoms with Crippen LogP contribution in [0.3, 0.4) is 0 Å². The molecule has 3 saturated carbocycles. The third-order valence-corrected chi connectivity index (χ3v) is 17.7. The summed E-state index contributed by atoms with van der Waals surface area (Å²) in [6.07, 6.45) is 12.3. The van der Waals surface area contributed by atoms with Crippen LogP contribution in [-0.4, -0.2) is 145 Å². The molecular formula is C64H113N17O11. The number of phenolic OH excluding ortho intramolecular Hbond substituents is 1. The molecule has 0 aliphatic heterocycles. The predicted molar refractivity (Wildman–Crippen MR) is 351 cm³/mol. The van der Waals surface area contributed by atoms with Crippen LogP contribution < -0.4 is 92.5 Å². The lowest BCUT2D eigenvalue weighted by atomic mass is 9.83. The fourth-order valence-corrected chi connectivity index (χ4v) is 12.6. The van der Waals surface area contributed by atoms with Crippen molar-refractivity contribution in [2.24, 2.45) is 46.4 Å². The smallest absolute Gasteiger partial charge is 0.316 e. The Morgan fingerprint density at radius 3 is 1.07 bits per heavy atom. The highest BCUT2D eigenvalue weighted by Crippen LogP contribution is 2.28.